The zero-order chi connectivity index (χ0) is 23.6. The van der Waals surface area contributed by atoms with Crippen LogP contribution in [0.5, 0.6) is 0 Å². The van der Waals surface area contributed by atoms with Crippen LogP contribution in [0, 0.1) is 10.8 Å². The van der Waals surface area contributed by atoms with Gasteiger partial charge in [-0.2, -0.15) is 21.0 Å². The van der Waals surface area contributed by atoms with Crippen molar-refractivity contribution < 1.29 is 27.0 Å². The highest BCUT2D eigenvalue weighted by atomic mass is 32.2. The van der Waals surface area contributed by atoms with E-state index in [0.717, 1.165) is 13.0 Å². The van der Waals surface area contributed by atoms with Gasteiger partial charge in [0.25, 0.3) is 10.1 Å². The highest BCUT2D eigenvalue weighted by Gasteiger charge is 2.40. The number of carbonyl (C=O) groups excluding carboxylic acids is 2. The minimum atomic E-state index is -3.93. The molecule has 0 aromatic carbocycles. The van der Waals surface area contributed by atoms with Crippen LogP contribution < -0.4 is 10.6 Å². The summed E-state index contributed by atoms with van der Waals surface area (Å²) in [6, 6.07) is 0. The molecule has 0 heterocycles. The highest BCUT2D eigenvalue weighted by Crippen LogP contribution is 2.37. The lowest BCUT2D eigenvalue weighted by Crippen LogP contribution is -2.47. The molecule has 1 unspecified atom stereocenters. The number of amides is 2. The molecule has 2 amide bonds. The first kappa shape index (κ1) is 29.2. The first-order valence-corrected chi connectivity index (χ1v) is 12.8. The summed E-state index contributed by atoms with van der Waals surface area (Å²) in [7, 11) is 0.0564. The summed E-state index contributed by atoms with van der Waals surface area (Å²) in [5.41, 5.74) is -1.32. The number of quaternary nitrogens is 1. The van der Waals surface area contributed by atoms with Crippen LogP contribution in [-0.2, 0) is 19.7 Å². The van der Waals surface area contributed by atoms with E-state index in [2.05, 4.69) is 23.3 Å². The number of rotatable bonds is 15. The lowest BCUT2D eigenvalue weighted by Gasteiger charge is -2.35. The third-order valence-electron chi connectivity index (χ3n) is 5.56. The predicted molar refractivity (Wildman–Crippen MR) is 124 cm³/mol. The van der Waals surface area contributed by atoms with E-state index >= 15 is 0 Å². The van der Waals surface area contributed by atoms with Gasteiger partial charge in [-0.3, -0.25) is 14.1 Å². The Kier molecular flexibility index (Phi) is 11.9. The summed E-state index contributed by atoms with van der Waals surface area (Å²) >= 11 is 4.12. The fourth-order valence-corrected chi connectivity index (χ4v) is 4.15. The fourth-order valence-electron chi connectivity index (χ4n) is 3.54. The maximum absolute atomic E-state index is 12.7. The molecule has 0 rings (SSSR count). The van der Waals surface area contributed by atoms with Crippen molar-refractivity contribution in [2.45, 2.75) is 53.4 Å². The highest BCUT2D eigenvalue weighted by molar-refractivity contribution is 7.85. The van der Waals surface area contributed by atoms with Crippen LogP contribution in [0.4, 0.5) is 0 Å². The van der Waals surface area contributed by atoms with Crippen LogP contribution in [0.25, 0.3) is 0 Å². The minimum absolute atomic E-state index is 0.0520. The molecule has 0 aromatic rings. The third-order valence-corrected chi connectivity index (χ3v) is 6.59. The van der Waals surface area contributed by atoms with Crippen LogP contribution in [0.3, 0.4) is 0 Å². The SMILES string of the molecule is CCC(C)(CC(C)(C)C(=O)NCCC[N+](C)(C)CCCS(=O)(=O)O)C(=O)NCCS. The van der Waals surface area contributed by atoms with Gasteiger partial charge in [-0.05, 0) is 12.8 Å². The van der Waals surface area contributed by atoms with Crippen LogP contribution in [0.1, 0.15) is 53.4 Å². The van der Waals surface area contributed by atoms with Gasteiger partial charge in [0.05, 0.1) is 32.9 Å². The van der Waals surface area contributed by atoms with Crippen LogP contribution >= 0.6 is 12.6 Å². The van der Waals surface area contributed by atoms with Crippen molar-refractivity contribution in [2.24, 2.45) is 10.8 Å². The van der Waals surface area contributed by atoms with E-state index in [9.17, 15) is 18.0 Å². The fraction of sp³-hybridized carbons (Fsp3) is 0.900. The van der Waals surface area contributed by atoms with Crippen molar-refractivity contribution in [3.8, 4) is 0 Å². The molecule has 0 fully saturated rings. The number of carbonyl (C=O) groups is 2. The molecule has 0 saturated heterocycles. The number of hydrogen-bond donors (Lipinski definition) is 4. The topological polar surface area (TPSA) is 113 Å². The average molecular weight is 469 g/mol. The first-order valence-electron chi connectivity index (χ1n) is 10.5. The van der Waals surface area contributed by atoms with Crippen molar-refractivity contribution >= 4 is 34.6 Å². The maximum Gasteiger partial charge on any atom is 0.265 e. The smallest absolute Gasteiger partial charge is 0.265 e. The molecule has 0 aliphatic heterocycles. The van der Waals surface area contributed by atoms with Gasteiger partial charge in [0.1, 0.15) is 0 Å². The summed E-state index contributed by atoms with van der Waals surface area (Å²) < 4.78 is 31.1. The molecule has 0 bridgehead atoms. The van der Waals surface area contributed by atoms with Gasteiger partial charge in [-0.25, -0.2) is 0 Å². The van der Waals surface area contributed by atoms with Crippen molar-refractivity contribution in [3.63, 3.8) is 0 Å². The van der Waals surface area contributed by atoms with Crippen molar-refractivity contribution in [3.05, 3.63) is 0 Å². The number of nitrogens with zero attached hydrogens (tertiary/aromatic N) is 1. The Morgan fingerprint density at radius 3 is 2.03 bits per heavy atom. The monoisotopic (exact) mass is 468 g/mol. The Hall–Kier alpha value is -0.840. The molecule has 0 saturated carbocycles. The van der Waals surface area contributed by atoms with E-state index in [0.29, 0.717) is 49.1 Å². The van der Waals surface area contributed by atoms with Crippen molar-refractivity contribution in [1.82, 2.24) is 10.6 Å². The van der Waals surface area contributed by atoms with E-state index < -0.39 is 20.9 Å². The van der Waals surface area contributed by atoms with E-state index in [1.54, 1.807) is 0 Å². The summed E-state index contributed by atoms with van der Waals surface area (Å²) in [4.78, 5) is 25.3. The Balaban J connectivity index is 4.58. The van der Waals surface area contributed by atoms with Crippen molar-refractivity contribution in [2.75, 3.05) is 51.8 Å². The van der Waals surface area contributed by atoms with Crippen LogP contribution in [0.2, 0.25) is 0 Å². The molecule has 0 spiro atoms. The van der Waals surface area contributed by atoms with Crippen molar-refractivity contribution in [1.29, 1.82) is 0 Å². The number of hydrogen-bond acceptors (Lipinski definition) is 5. The molecule has 0 aliphatic rings. The number of nitrogens with one attached hydrogen (secondary N) is 2. The summed E-state index contributed by atoms with van der Waals surface area (Å²) in [5, 5.41) is 5.85. The Labute approximate surface area is 188 Å². The second-order valence-electron chi connectivity index (χ2n) is 9.59. The summed E-state index contributed by atoms with van der Waals surface area (Å²) in [6.45, 7) is 9.97. The molecule has 178 valence electrons. The number of thiol groups is 1. The van der Waals surface area contributed by atoms with Gasteiger partial charge in [-0.15, -0.1) is 0 Å². The molecule has 30 heavy (non-hydrogen) atoms. The van der Waals surface area contributed by atoms with Crippen LogP contribution in [0.15, 0.2) is 0 Å². The Morgan fingerprint density at radius 1 is 1.00 bits per heavy atom. The third kappa shape index (κ3) is 11.5. The van der Waals surface area contributed by atoms with Gasteiger partial charge in [-0.1, -0.05) is 27.7 Å². The Morgan fingerprint density at radius 2 is 1.53 bits per heavy atom. The minimum Gasteiger partial charge on any atom is -0.355 e. The van der Waals surface area contributed by atoms with E-state index in [-0.39, 0.29) is 17.6 Å². The van der Waals surface area contributed by atoms with Gasteiger partial charge < -0.3 is 15.1 Å². The second kappa shape index (κ2) is 12.3. The zero-order valence-electron chi connectivity index (χ0n) is 19.5. The molecule has 0 aromatic heterocycles. The molecule has 10 heteroatoms. The second-order valence-corrected chi connectivity index (χ2v) is 11.6. The molecule has 0 radical (unpaired) electrons. The maximum atomic E-state index is 12.7. The molecular weight excluding hydrogens is 426 g/mol. The van der Waals surface area contributed by atoms with E-state index in [1.807, 2.05) is 41.8 Å². The average Bonchev–Trinajstić information content (AvgIpc) is 2.61. The normalized spacial score (nSPS) is 14.8. The summed E-state index contributed by atoms with van der Waals surface area (Å²) in [5.74, 6) is 0.196. The quantitative estimate of drug-likeness (QED) is 0.127. The van der Waals surface area contributed by atoms with Gasteiger partial charge in [0, 0.05) is 42.5 Å². The van der Waals surface area contributed by atoms with E-state index in [1.165, 1.54) is 0 Å². The lowest BCUT2D eigenvalue weighted by atomic mass is 9.71. The van der Waals surface area contributed by atoms with E-state index in [4.69, 9.17) is 4.55 Å². The summed E-state index contributed by atoms with van der Waals surface area (Å²) in [6.07, 6.45) is 2.21. The Bertz CT molecular complexity index is 665. The van der Waals surface area contributed by atoms with Gasteiger partial charge in [0.2, 0.25) is 11.8 Å². The standard InChI is InChI=1S/C20H41N3O5S2/c1-7-20(4,18(25)22-11-14-29)16-19(2,3)17(24)21-10-8-12-23(5,6)13-9-15-30(26,27)28/h7-16H2,1-6H3,(H3-,21,22,24,25,26,27,28,29)/p+1. The largest absolute Gasteiger partial charge is 0.355 e. The molecule has 0 aliphatic carbocycles. The molecule has 8 nitrogen and oxygen atoms in total. The lowest BCUT2D eigenvalue weighted by molar-refractivity contribution is -0.890. The van der Waals surface area contributed by atoms with Crippen LogP contribution in [-0.4, -0.2) is 81.0 Å². The predicted octanol–water partition coefficient (Wildman–Crippen LogP) is 1.73. The first-order chi connectivity index (χ1) is 13.6. The van der Waals surface area contributed by atoms with Gasteiger partial charge >= 0.3 is 0 Å². The van der Waals surface area contributed by atoms with Gasteiger partial charge in [0.15, 0.2) is 0 Å². The molecule has 3 N–H and O–H groups in total. The zero-order valence-corrected chi connectivity index (χ0v) is 21.2. The molecular formula is C20H42N3O5S2+. The molecule has 1 atom stereocenters.